The Labute approximate surface area is 240 Å². The Hall–Kier alpha value is -3.00. The summed E-state index contributed by atoms with van der Waals surface area (Å²) in [5.41, 5.74) is 7.67. The van der Waals surface area contributed by atoms with Gasteiger partial charge in [0.1, 0.15) is 0 Å². The molecular weight excluding hydrogens is 488 g/mol. The van der Waals surface area contributed by atoms with Crippen LogP contribution >= 0.6 is 0 Å². The van der Waals surface area contributed by atoms with Gasteiger partial charge in [-0.3, -0.25) is 9.59 Å². The van der Waals surface area contributed by atoms with Gasteiger partial charge in [-0.15, -0.1) is 0 Å². The van der Waals surface area contributed by atoms with Crippen LogP contribution in [-0.2, 0) is 25.7 Å². The second-order valence-electron chi connectivity index (χ2n) is 12.9. The number of hydrogen-bond donors (Lipinski definition) is 0. The number of fused-ring (bicyclic) bond motifs is 1. The zero-order valence-electron chi connectivity index (χ0n) is 24.2. The average molecular weight is 533 g/mol. The standard InChI is InChI=1S/C38H44O2/c1-2-26-20-32-13-12-28(23-34(32)21-26)24-37(39)36-19-18-33(25-35(36)22-27-8-4-3-5-9-27)38(40)31-16-14-30(15-17-31)29-10-6-7-11-29/h3-5,8-9,12-13,18-19,23,25-26,29-31H,2,6-7,10-11,14-17,20-22,24H2,1H3. The highest BCUT2D eigenvalue weighted by Gasteiger charge is 2.32. The predicted octanol–water partition coefficient (Wildman–Crippen LogP) is 9.01. The first kappa shape index (κ1) is 27.2. The van der Waals surface area contributed by atoms with E-state index in [0.717, 1.165) is 59.3 Å². The summed E-state index contributed by atoms with van der Waals surface area (Å²) in [5, 5.41) is 0. The predicted molar refractivity (Wildman–Crippen MR) is 163 cm³/mol. The van der Waals surface area contributed by atoms with E-state index in [1.165, 1.54) is 68.1 Å². The van der Waals surface area contributed by atoms with Crippen LogP contribution in [0.15, 0.2) is 66.7 Å². The molecule has 3 aliphatic carbocycles. The number of rotatable bonds is 9. The van der Waals surface area contributed by atoms with Crippen LogP contribution in [0, 0.1) is 23.7 Å². The second kappa shape index (κ2) is 12.2. The van der Waals surface area contributed by atoms with Crippen LogP contribution in [0.5, 0.6) is 0 Å². The van der Waals surface area contributed by atoms with Crippen molar-refractivity contribution in [3.8, 4) is 0 Å². The molecule has 6 rings (SSSR count). The molecule has 0 amide bonds. The Balaban J connectivity index is 1.20. The van der Waals surface area contributed by atoms with Gasteiger partial charge in [-0.05, 0) is 96.6 Å². The lowest BCUT2D eigenvalue weighted by Crippen LogP contribution is -2.25. The summed E-state index contributed by atoms with van der Waals surface area (Å²) in [6.07, 6.45) is 14.6. The van der Waals surface area contributed by atoms with Crippen molar-refractivity contribution in [2.45, 2.75) is 90.4 Å². The third-order valence-corrected chi connectivity index (χ3v) is 10.4. The maximum absolute atomic E-state index is 13.7. The minimum atomic E-state index is 0.127. The normalized spacial score (nSPS) is 22.8. The molecule has 208 valence electrons. The van der Waals surface area contributed by atoms with Crippen LogP contribution in [0.4, 0.5) is 0 Å². The van der Waals surface area contributed by atoms with Crippen molar-refractivity contribution in [2.24, 2.45) is 23.7 Å². The summed E-state index contributed by atoms with van der Waals surface area (Å²) in [5.74, 6) is 3.02. The van der Waals surface area contributed by atoms with Crippen LogP contribution in [0.3, 0.4) is 0 Å². The molecule has 1 atom stereocenters. The van der Waals surface area contributed by atoms with Crippen molar-refractivity contribution in [2.75, 3.05) is 0 Å². The Morgan fingerprint density at radius 2 is 1.45 bits per heavy atom. The summed E-state index contributed by atoms with van der Waals surface area (Å²) in [4.78, 5) is 27.4. The summed E-state index contributed by atoms with van der Waals surface area (Å²) in [6.45, 7) is 2.27. The van der Waals surface area contributed by atoms with Gasteiger partial charge < -0.3 is 0 Å². The van der Waals surface area contributed by atoms with Crippen molar-refractivity contribution in [3.63, 3.8) is 0 Å². The molecule has 0 spiro atoms. The first-order chi connectivity index (χ1) is 19.6. The van der Waals surface area contributed by atoms with Gasteiger partial charge in [0.15, 0.2) is 11.6 Å². The van der Waals surface area contributed by atoms with Crippen LogP contribution in [0.1, 0.15) is 113 Å². The highest BCUT2D eigenvalue weighted by molar-refractivity contribution is 6.02. The van der Waals surface area contributed by atoms with E-state index in [4.69, 9.17) is 0 Å². The van der Waals surface area contributed by atoms with E-state index in [9.17, 15) is 9.59 Å². The topological polar surface area (TPSA) is 34.1 Å². The molecule has 0 aromatic heterocycles. The summed E-state index contributed by atoms with van der Waals surface area (Å²) < 4.78 is 0. The fraction of sp³-hybridized carbons (Fsp3) is 0.474. The lowest BCUT2D eigenvalue weighted by Gasteiger charge is -2.31. The molecule has 0 radical (unpaired) electrons. The lowest BCUT2D eigenvalue weighted by molar-refractivity contribution is 0.0852. The van der Waals surface area contributed by atoms with E-state index in [1.807, 2.05) is 36.4 Å². The smallest absolute Gasteiger partial charge is 0.167 e. The summed E-state index contributed by atoms with van der Waals surface area (Å²) in [6, 6.07) is 22.9. The van der Waals surface area contributed by atoms with Gasteiger partial charge in [0.2, 0.25) is 0 Å². The van der Waals surface area contributed by atoms with Crippen molar-refractivity contribution in [3.05, 3.63) is 106 Å². The number of carbonyl (C=O) groups is 2. The molecule has 2 heteroatoms. The minimum Gasteiger partial charge on any atom is -0.294 e. The SMILES string of the molecule is CCC1Cc2ccc(CC(=O)c3ccc(C(=O)C4CCC(C5CCCC5)CC4)cc3Cc3ccccc3)cc2C1. The monoisotopic (exact) mass is 532 g/mol. The van der Waals surface area contributed by atoms with E-state index in [-0.39, 0.29) is 17.5 Å². The van der Waals surface area contributed by atoms with Crippen molar-refractivity contribution in [1.82, 2.24) is 0 Å². The number of benzene rings is 3. The Bertz CT molecular complexity index is 1340. The molecule has 40 heavy (non-hydrogen) atoms. The second-order valence-corrected chi connectivity index (χ2v) is 12.9. The van der Waals surface area contributed by atoms with Crippen LogP contribution < -0.4 is 0 Å². The van der Waals surface area contributed by atoms with E-state index >= 15 is 0 Å². The molecule has 0 saturated heterocycles. The molecule has 0 heterocycles. The average Bonchev–Trinajstić information content (AvgIpc) is 3.67. The number of carbonyl (C=O) groups excluding carboxylic acids is 2. The van der Waals surface area contributed by atoms with Gasteiger partial charge in [0.05, 0.1) is 0 Å². The Kier molecular flexibility index (Phi) is 8.32. The van der Waals surface area contributed by atoms with Crippen molar-refractivity contribution >= 4 is 11.6 Å². The van der Waals surface area contributed by atoms with E-state index in [2.05, 4.69) is 37.3 Å². The van der Waals surface area contributed by atoms with Crippen LogP contribution in [-0.4, -0.2) is 11.6 Å². The molecule has 3 aromatic rings. The lowest BCUT2D eigenvalue weighted by atomic mass is 9.73. The maximum atomic E-state index is 13.7. The first-order valence-corrected chi connectivity index (χ1v) is 15.9. The molecule has 2 fully saturated rings. The van der Waals surface area contributed by atoms with E-state index in [1.54, 1.807) is 0 Å². The Morgan fingerprint density at radius 3 is 2.20 bits per heavy atom. The highest BCUT2D eigenvalue weighted by Crippen LogP contribution is 2.41. The zero-order chi connectivity index (χ0) is 27.5. The largest absolute Gasteiger partial charge is 0.294 e. The molecule has 2 saturated carbocycles. The van der Waals surface area contributed by atoms with E-state index in [0.29, 0.717) is 12.8 Å². The van der Waals surface area contributed by atoms with Crippen molar-refractivity contribution in [1.29, 1.82) is 0 Å². The molecular formula is C38H44O2. The number of Topliss-reactive ketones (excluding diaryl/α,β-unsaturated/α-hetero) is 2. The van der Waals surface area contributed by atoms with Gasteiger partial charge in [0, 0.05) is 23.5 Å². The van der Waals surface area contributed by atoms with Gasteiger partial charge in [-0.1, -0.05) is 99.7 Å². The van der Waals surface area contributed by atoms with Gasteiger partial charge in [-0.25, -0.2) is 0 Å². The Morgan fingerprint density at radius 1 is 0.725 bits per heavy atom. The summed E-state index contributed by atoms with van der Waals surface area (Å²) >= 11 is 0. The fourth-order valence-electron chi connectivity index (χ4n) is 7.94. The first-order valence-electron chi connectivity index (χ1n) is 15.9. The quantitative estimate of drug-likeness (QED) is 0.258. The van der Waals surface area contributed by atoms with Crippen LogP contribution in [0.2, 0.25) is 0 Å². The minimum absolute atomic E-state index is 0.127. The third-order valence-electron chi connectivity index (χ3n) is 10.4. The molecule has 3 aromatic carbocycles. The van der Waals surface area contributed by atoms with Crippen LogP contribution in [0.25, 0.3) is 0 Å². The van der Waals surface area contributed by atoms with Gasteiger partial charge in [-0.2, -0.15) is 0 Å². The molecule has 3 aliphatic rings. The highest BCUT2D eigenvalue weighted by atomic mass is 16.1. The maximum Gasteiger partial charge on any atom is 0.167 e. The molecule has 0 aliphatic heterocycles. The number of hydrogen-bond acceptors (Lipinski definition) is 2. The van der Waals surface area contributed by atoms with Crippen molar-refractivity contribution < 1.29 is 9.59 Å². The fourth-order valence-corrected chi connectivity index (χ4v) is 7.94. The van der Waals surface area contributed by atoms with Gasteiger partial charge >= 0.3 is 0 Å². The zero-order valence-corrected chi connectivity index (χ0v) is 24.2. The van der Waals surface area contributed by atoms with Gasteiger partial charge in [0.25, 0.3) is 0 Å². The molecule has 2 nitrogen and oxygen atoms in total. The summed E-state index contributed by atoms with van der Waals surface area (Å²) in [7, 11) is 0. The molecule has 0 N–H and O–H groups in total. The van der Waals surface area contributed by atoms with E-state index < -0.39 is 0 Å². The molecule has 0 bridgehead atoms. The molecule has 1 unspecified atom stereocenters. The third kappa shape index (κ3) is 6.02. The number of ketones is 2.